The lowest BCUT2D eigenvalue weighted by molar-refractivity contribution is 0.521. The molecule has 0 radical (unpaired) electrons. The smallest absolute Gasteiger partial charge is 0.215 e. The number of hydrogen-bond acceptors (Lipinski definition) is 5. The number of nitrogens with zero attached hydrogens (tertiary/aromatic N) is 4. The Morgan fingerprint density at radius 3 is 2.69 bits per heavy atom. The number of fused-ring (bicyclic) bond motifs is 1. The van der Waals surface area contributed by atoms with Gasteiger partial charge < -0.3 is 9.88 Å². The highest BCUT2D eigenvalue weighted by Gasteiger charge is 2.15. The van der Waals surface area contributed by atoms with Gasteiger partial charge in [-0.1, -0.05) is 23.2 Å². The minimum atomic E-state index is -3.30. The Bertz CT molecular complexity index is 1040. The van der Waals surface area contributed by atoms with Gasteiger partial charge in [0.1, 0.15) is 5.82 Å². The number of aromatic nitrogens is 3. The van der Waals surface area contributed by atoms with Gasteiger partial charge in [0.25, 0.3) is 0 Å². The third-order valence-electron chi connectivity index (χ3n) is 3.86. The molecule has 10 heteroatoms. The van der Waals surface area contributed by atoms with Crippen LogP contribution in [0.1, 0.15) is 0 Å². The van der Waals surface area contributed by atoms with Gasteiger partial charge in [-0.2, -0.15) is 0 Å². The fourth-order valence-electron chi connectivity index (χ4n) is 2.41. The zero-order chi connectivity index (χ0) is 18.9. The number of halogens is 2. The van der Waals surface area contributed by atoms with E-state index in [1.54, 1.807) is 24.8 Å². The molecule has 0 fully saturated rings. The van der Waals surface area contributed by atoms with E-state index in [4.69, 9.17) is 23.2 Å². The first-order valence-corrected chi connectivity index (χ1v) is 10.1. The lowest BCUT2D eigenvalue weighted by atomic mass is 10.1. The van der Waals surface area contributed by atoms with Gasteiger partial charge in [0, 0.05) is 44.5 Å². The Morgan fingerprint density at radius 1 is 1.27 bits per heavy atom. The zero-order valence-electron chi connectivity index (χ0n) is 14.1. The second-order valence-corrected chi connectivity index (χ2v) is 8.87. The number of rotatable bonds is 6. The van der Waals surface area contributed by atoms with Crippen molar-refractivity contribution in [3.8, 4) is 5.69 Å². The van der Waals surface area contributed by atoms with Crippen LogP contribution >= 0.6 is 23.2 Å². The van der Waals surface area contributed by atoms with Gasteiger partial charge in [-0.05, 0) is 12.1 Å². The Hall–Kier alpha value is -1.87. The van der Waals surface area contributed by atoms with Gasteiger partial charge in [0.2, 0.25) is 10.0 Å². The number of nitrogens with one attached hydrogen (secondary N) is 1. The van der Waals surface area contributed by atoms with Crippen LogP contribution in [0.25, 0.3) is 16.6 Å². The molecule has 0 spiro atoms. The first-order valence-electron chi connectivity index (χ1n) is 7.71. The van der Waals surface area contributed by atoms with Crippen LogP contribution in [-0.4, -0.2) is 53.7 Å². The van der Waals surface area contributed by atoms with E-state index in [1.807, 2.05) is 16.7 Å². The maximum Gasteiger partial charge on any atom is 0.215 e. The highest BCUT2D eigenvalue weighted by Crippen LogP contribution is 2.33. The molecule has 2 heterocycles. The van der Waals surface area contributed by atoms with Crippen molar-refractivity contribution >= 4 is 49.9 Å². The molecule has 0 bridgehead atoms. The van der Waals surface area contributed by atoms with Gasteiger partial charge >= 0.3 is 0 Å². The number of imidazole rings is 1. The predicted molar refractivity (Wildman–Crippen MR) is 105 cm³/mol. The van der Waals surface area contributed by atoms with E-state index in [0.29, 0.717) is 21.4 Å². The summed E-state index contributed by atoms with van der Waals surface area (Å²) in [5, 5.41) is 4.59. The second kappa shape index (κ2) is 7.40. The molecule has 0 saturated heterocycles. The topological polar surface area (TPSA) is 80.1 Å². The SMILES string of the molecule is CN(C)S(=O)(=O)CCNc1cc(-n2ccnc2)c2ccc(Cl)c(Cl)c2n1. The Balaban J connectivity index is 2.00. The monoisotopic (exact) mass is 413 g/mol. The van der Waals surface area contributed by atoms with Crippen molar-refractivity contribution < 1.29 is 8.42 Å². The van der Waals surface area contributed by atoms with Gasteiger partial charge in [-0.15, -0.1) is 0 Å². The standard InChI is InChI=1S/C16H17Cl2N5O2S/c1-22(2)26(24,25)8-6-20-14-9-13(23-7-5-19-10-23)11-3-4-12(17)15(18)16(11)21-14/h3-5,7,9-10H,6,8H2,1-2H3,(H,20,21). The van der Waals surface area contributed by atoms with E-state index >= 15 is 0 Å². The summed E-state index contributed by atoms with van der Waals surface area (Å²) in [5.74, 6) is 0.447. The largest absolute Gasteiger partial charge is 0.369 e. The predicted octanol–water partition coefficient (Wildman–Crippen LogP) is 3.03. The molecule has 1 aromatic carbocycles. The van der Waals surface area contributed by atoms with Crippen molar-refractivity contribution in [3.63, 3.8) is 0 Å². The van der Waals surface area contributed by atoms with Crippen LogP contribution in [0, 0.1) is 0 Å². The fraction of sp³-hybridized carbons (Fsp3) is 0.250. The molecule has 0 atom stereocenters. The van der Waals surface area contributed by atoms with Crippen LogP contribution in [0.3, 0.4) is 0 Å². The maximum atomic E-state index is 11.9. The van der Waals surface area contributed by atoms with Crippen molar-refractivity contribution in [2.75, 3.05) is 31.7 Å². The first kappa shape index (κ1) is 18.9. The third kappa shape index (κ3) is 3.78. The van der Waals surface area contributed by atoms with Gasteiger partial charge in [-0.3, -0.25) is 0 Å². The Morgan fingerprint density at radius 2 is 2.04 bits per heavy atom. The summed E-state index contributed by atoms with van der Waals surface area (Å²) in [5.41, 5.74) is 1.34. The van der Waals surface area contributed by atoms with Crippen molar-refractivity contribution in [1.82, 2.24) is 18.8 Å². The molecule has 0 aliphatic carbocycles. The second-order valence-electron chi connectivity index (χ2n) is 5.78. The molecule has 1 N–H and O–H groups in total. The van der Waals surface area contributed by atoms with E-state index in [9.17, 15) is 8.42 Å². The minimum Gasteiger partial charge on any atom is -0.369 e. The quantitative estimate of drug-likeness (QED) is 0.671. The molecule has 0 saturated carbocycles. The zero-order valence-corrected chi connectivity index (χ0v) is 16.5. The third-order valence-corrected chi connectivity index (χ3v) is 6.48. The van der Waals surface area contributed by atoms with E-state index < -0.39 is 10.0 Å². The Kier molecular flexibility index (Phi) is 5.38. The summed E-state index contributed by atoms with van der Waals surface area (Å²) in [6.45, 7) is 0.209. The molecule has 0 aliphatic heterocycles. The number of hydrogen-bond donors (Lipinski definition) is 1. The van der Waals surface area contributed by atoms with Crippen LogP contribution in [0.4, 0.5) is 5.82 Å². The van der Waals surface area contributed by atoms with Crippen LogP contribution in [0.15, 0.2) is 36.9 Å². The lowest BCUT2D eigenvalue weighted by Gasteiger charge is -2.14. The molecule has 3 rings (SSSR count). The van der Waals surface area contributed by atoms with Crippen LogP contribution in [0.2, 0.25) is 10.0 Å². The fourth-order valence-corrected chi connectivity index (χ4v) is 3.50. The molecule has 26 heavy (non-hydrogen) atoms. The maximum absolute atomic E-state index is 11.9. The Labute approximate surface area is 161 Å². The summed E-state index contributed by atoms with van der Waals surface area (Å²) >= 11 is 12.4. The van der Waals surface area contributed by atoms with Crippen LogP contribution < -0.4 is 5.32 Å². The number of sulfonamides is 1. The van der Waals surface area contributed by atoms with Crippen molar-refractivity contribution in [2.45, 2.75) is 0 Å². The first-order chi connectivity index (χ1) is 12.3. The molecule has 2 aromatic heterocycles. The van der Waals surface area contributed by atoms with E-state index in [-0.39, 0.29) is 12.3 Å². The van der Waals surface area contributed by atoms with Crippen molar-refractivity contribution in [1.29, 1.82) is 0 Å². The molecule has 7 nitrogen and oxygen atoms in total. The minimum absolute atomic E-state index is 0.0522. The van der Waals surface area contributed by atoms with Crippen LogP contribution in [-0.2, 0) is 10.0 Å². The van der Waals surface area contributed by atoms with Crippen LogP contribution in [0.5, 0.6) is 0 Å². The van der Waals surface area contributed by atoms with E-state index in [1.165, 1.54) is 18.4 Å². The van der Waals surface area contributed by atoms with E-state index in [2.05, 4.69) is 15.3 Å². The number of benzene rings is 1. The van der Waals surface area contributed by atoms with Gasteiger partial charge in [-0.25, -0.2) is 22.7 Å². The average Bonchev–Trinajstić information content (AvgIpc) is 3.12. The summed E-state index contributed by atoms with van der Waals surface area (Å²) in [6, 6.07) is 5.37. The van der Waals surface area contributed by atoms with Gasteiger partial charge in [0.15, 0.2) is 0 Å². The highest BCUT2D eigenvalue weighted by molar-refractivity contribution is 7.89. The summed E-state index contributed by atoms with van der Waals surface area (Å²) in [7, 11) is -0.293. The molecular weight excluding hydrogens is 397 g/mol. The van der Waals surface area contributed by atoms with Crippen molar-refractivity contribution in [3.05, 3.63) is 47.0 Å². The normalized spacial score (nSPS) is 12.0. The molecule has 0 aliphatic rings. The molecule has 138 valence electrons. The van der Waals surface area contributed by atoms with E-state index in [0.717, 1.165) is 11.1 Å². The number of pyridine rings is 1. The summed E-state index contributed by atoms with van der Waals surface area (Å²) in [4.78, 5) is 8.57. The lowest BCUT2D eigenvalue weighted by Crippen LogP contribution is -2.28. The van der Waals surface area contributed by atoms with Gasteiger partial charge in [0.05, 0.1) is 33.3 Å². The summed E-state index contributed by atoms with van der Waals surface area (Å²) in [6.07, 6.45) is 5.13. The number of anilines is 1. The average molecular weight is 414 g/mol. The molecule has 3 aromatic rings. The molecule has 0 amide bonds. The molecular formula is C16H17Cl2N5O2S. The highest BCUT2D eigenvalue weighted by atomic mass is 35.5. The van der Waals surface area contributed by atoms with Crippen molar-refractivity contribution in [2.24, 2.45) is 0 Å². The summed E-state index contributed by atoms with van der Waals surface area (Å²) < 4.78 is 26.8. The molecule has 0 unspecified atom stereocenters.